The first-order chi connectivity index (χ1) is 45.3. The van der Waals surface area contributed by atoms with Crippen molar-refractivity contribution < 1.29 is 37.2 Å². The smallest absolute Gasteiger partial charge is 0.320 e. The molecular formula is C76H68F2N8O6. The molecule has 14 nitrogen and oxygen atoms in total. The van der Waals surface area contributed by atoms with Crippen LogP contribution in [0.2, 0.25) is 0 Å². The van der Waals surface area contributed by atoms with E-state index in [0.717, 1.165) is 102 Å². The number of likely N-dealkylation sites (N-methyl/N-ethyl adjacent to an activating group) is 1. The number of hydrogen-bond acceptors (Lipinski definition) is 14. The number of nitrogens with zero attached hydrogens (tertiary/aromatic N) is 8. The van der Waals surface area contributed by atoms with Gasteiger partial charge in [0.2, 0.25) is 11.8 Å². The van der Waals surface area contributed by atoms with Crippen molar-refractivity contribution in [1.29, 1.82) is 0 Å². The van der Waals surface area contributed by atoms with Crippen LogP contribution in [0.4, 0.5) is 8.78 Å². The van der Waals surface area contributed by atoms with Gasteiger partial charge in [0.1, 0.15) is 73.6 Å². The van der Waals surface area contributed by atoms with Crippen LogP contribution in [0.1, 0.15) is 60.8 Å². The first kappa shape index (κ1) is 59.5. The Balaban J connectivity index is 0.000000160. The lowest BCUT2D eigenvalue weighted by molar-refractivity contribution is 0.107. The van der Waals surface area contributed by atoms with E-state index < -0.39 is 11.6 Å². The van der Waals surface area contributed by atoms with Crippen molar-refractivity contribution in [2.45, 2.75) is 76.5 Å². The molecule has 0 unspecified atom stereocenters. The Morgan fingerprint density at radius 2 is 0.870 bits per heavy atom. The largest absolute Gasteiger partial charge is 0.489 e. The molecule has 1 atom stereocenters. The van der Waals surface area contributed by atoms with Crippen molar-refractivity contribution in [3.63, 3.8) is 0 Å². The van der Waals surface area contributed by atoms with Crippen molar-refractivity contribution in [1.82, 2.24) is 39.7 Å². The second-order valence-electron chi connectivity index (χ2n) is 23.8. The third-order valence-electron chi connectivity index (χ3n) is 17.7. The van der Waals surface area contributed by atoms with E-state index in [9.17, 15) is 0 Å². The van der Waals surface area contributed by atoms with Crippen LogP contribution in [0.3, 0.4) is 0 Å². The summed E-state index contributed by atoms with van der Waals surface area (Å²) in [6.45, 7) is 5.35. The second-order valence-corrected chi connectivity index (χ2v) is 23.8. The molecule has 0 amide bonds. The number of pyridine rings is 2. The fraction of sp³-hybridized carbons (Fsp3) is 0.237. The van der Waals surface area contributed by atoms with Crippen molar-refractivity contribution in [3.8, 4) is 57.8 Å². The SMILES string of the molecule is CN1CCC[C@H]1COc1nc(OCc2ccccc2)c2cnc(-c3cc(OCc4ccccc4)cc4ccccc34)c(F)c2n1.Fc1c(-c2cc(OCc3ccccc3)cc3ccccc23)ncc2c(OCc3ccccc3)nc(OCC34CCCN3CCC4)nc12. The molecule has 12 aromatic rings. The first-order valence-corrected chi connectivity index (χ1v) is 31.4. The predicted octanol–water partition coefficient (Wildman–Crippen LogP) is 15.8. The molecule has 0 spiro atoms. The Labute approximate surface area is 532 Å². The van der Waals surface area contributed by atoms with Gasteiger partial charge in [-0.15, -0.1) is 0 Å². The van der Waals surface area contributed by atoms with Gasteiger partial charge in [0, 0.05) is 29.6 Å². The van der Waals surface area contributed by atoms with Gasteiger partial charge in [0.25, 0.3) is 0 Å². The van der Waals surface area contributed by atoms with E-state index >= 15 is 8.78 Å². The number of halogens is 2. The molecule has 4 aromatic heterocycles. The summed E-state index contributed by atoms with van der Waals surface area (Å²) in [5.74, 6) is 0.566. The lowest BCUT2D eigenvalue weighted by atomic mass is 9.95. The topological polar surface area (TPSA) is 139 Å². The predicted molar refractivity (Wildman–Crippen MR) is 353 cm³/mol. The van der Waals surface area contributed by atoms with E-state index in [0.29, 0.717) is 59.8 Å². The minimum absolute atomic E-state index is 0.00949. The fourth-order valence-electron chi connectivity index (χ4n) is 12.8. The monoisotopic (exact) mass is 1230 g/mol. The van der Waals surface area contributed by atoms with E-state index in [-0.39, 0.29) is 71.0 Å². The summed E-state index contributed by atoms with van der Waals surface area (Å²) >= 11 is 0. The van der Waals surface area contributed by atoms with E-state index in [1.54, 1.807) is 12.4 Å². The normalized spacial score (nSPS) is 15.3. The Morgan fingerprint density at radius 1 is 0.446 bits per heavy atom. The van der Waals surface area contributed by atoms with Crippen LogP contribution in [0.25, 0.3) is 65.9 Å². The molecule has 8 aromatic carbocycles. The number of rotatable bonds is 20. The Morgan fingerprint density at radius 3 is 1.32 bits per heavy atom. The number of likely N-dealkylation sites (tertiary alicyclic amines) is 1. The molecule has 0 bridgehead atoms. The van der Waals surface area contributed by atoms with Crippen LogP contribution in [-0.4, -0.2) is 91.2 Å². The lowest BCUT2D eigenvalue weighted by Crippen LogP contribution is -2.43. The number of fused-ring (bicyclic) bond motifs is 5. The maximum absolute atomic E-state index is 16.8. The number of aromatic nitrogens is 6. The Bertz CT molecular complexity index is 4550. The molecule has 15 rings (SSSR count). The third kappa shape index (κ3) is 13.1. The Kier molecular flexibility index (Phi) is 17.5. The molecule has 3 aliphatic heterocycles. The van der Waals surface area contributed by atoms with Crippen molar-refractivity contribution >= 4 is 43.4 Å². The highest BCUT2D eigenvalue weighted by molar-refractivity contribution is 6.00. The minimum Gasteiger partial charge on any atom is -0.489 e. The summed E-state index contributed by atoms with van der Waals surface area (Å²) in [5, 5.41) is 4.31. The summed E-state index contributed by atoms with van der Waals surface area (Å²) in [6.07, 6.45) is 9.78. The molecule has 7 heterocycles. The molecule has 92 heavy (non-hydrogen) atoms. The van der Waals surface area contributed by atoms with Gasteiger partial charge in [-0.25, -0.2) is 8.78 Å². The maximum Gasteiger partial charge on any atom is 0.320 e. The summed E-state index contributed by atoms with van der Waals surface area (Å²) in [4.78, 5) is 32.5. The van der Waals surface area contributed by atoms with Gasteiger partial charge < -0.3 is 33.3 Å². The van der Waals surface area contributed by atoms with E-state index in [2.05, 4.69) is 46.8 Å². The molecule has 3 saturated heterocycles. The summed E-state index contributed by atoms with van der Waals surface area (Å²) < 4.78 is 70.6. The van der Waals surface area contributed by atoms with Gasteiger partial charge in [-0.05, 0) is 133 Å². The lowest BCUT2D eigenvalue weighted by Gasteiger charge is -2.31. The van der Waals surface area contributed by atoms with Gasteiger partial charge in [0.05, 0.1) is 16.3 Å². The average Bonchev–Trinajstić information content (AvgIpc) is 1.17. The minimum atomic E-state index is -0.576. The maximum atomic E-state index is 16.8. The average molecular weight is 1230 g/mol. The van der Waals surface area contributed by atoms with Crippen LogP contribution in [-0.2, 0) is 26.4 Å². The molecule has 0 saturated carbocycles. The number of benzene rings is 8. The quantitative estimate of drug-likeness (QED) is 0.0715. The van der Waals surface area contributed by atoms with E-state index in [1.165, 1.54) is 0 Å². The summed E-state index contributed by atoms with van der Waals surface area (Å²) in [7, 11) is 2.08. The van der Waals surface area contributed by atoms with Crippen molar-refractivity contribution in [2.24, 2.45) is 0 Å². The highest BCUT2D eigenvalue weighted by atomic mass is 19.1. The van der Waals surface area contributed by atoms with E-state index in [1.807, 2.05) is 194 Å². The highest BCUT2D eigenvalue weighted by Gasteiger charge is 2.45. The zero-order chi connectivity index (χ0) is 62.2. The third-order valence-corrected chi connectivity index (χ3v) is 17.7. The van der Waals surface area contributed by atoms with Crippen LogP contribution >= 0.6 is 0 Å². The molecular weight excluding hydrogens is 1160 g/mol. The number of hydrogen-bond donors (Lipinski definition) is 0. The molecule has 462 valence electrons. The zero-order valence-electron chi connectivity index (χ0n) is 51.1. The van der Waals surface area contributed by atoms with Gasteiger partial charge in [-0.1, -0.05) is 170 Å². The first-order valence-electron chi connectivity index (χ1n) is 31.4. The highest BCUT2D eigenvalue weighted by Crippen LogP contribution is 2.42. The van der Waals surface area contributed by atoms with Gasteiger partial charge in [-0.3, -0.25) is 14.9 Å². The van der Waals surface area contributed by atoms with Gasteiger partial charge in [0.15, 0.2) is 11.6 Å². The zero-order valence-corrected chi connectivity index (χ0v) is 51.1. The van der Waals surface area contributed by atoms with E-state index in [4.69, 9.17) is 28.4 Å². The Hall–Kier alpha value is -10.2. The van der Waals surface area contributed by atoms with Crippen molar-refractivity contribution in [3.05, 3.63) is 240 Å². The molecule has 3 aliphatic rings. The molecule has 3 fully saturated rings. The standard InChI is InChI=1S/C39H35FN4O3.C37H33FN4O3/c40-34-35(32-22-30(21-29-15-7-8-16-31(29)32)45-24-27-11-3-1-4-12-27)41-23-33-36(34)42-38(43-37(33)46-25-28-13-5-2-6-14-28)47-26-39-17-9-19-44(39)20-10-18-39;1-42-18-10-16-28(42)24-45-37-40-35-32(36(41-37)44-23-26-13-6-3-7-14-26)21-39-34(33(35)38)31-20-29(19-27-15-8-9-17-30(27)31)43-22-25-11-4-2-5-12-25/h1-8,11-16,21-23H,9-10,17-20,24-26H2;2-9,11-15,17,19-21,28H,10,16,18,22-24H2,1H3/t;28-/m.0/s1. The second kappa shape index (κ2) is 27.1. The number of ether oxygens (including phenoxy) is 6. The molecule has 0 radical (unpaired) electrons. The van der Waals surface area contributed by atoms with Crippen LogP contribution in [0, 0.1) is 11.6 Å². The van der Waals surface area contributed by atoms with Crippen LogP contribution in [0.5, 0.6) is 35.3 Å². The van der Waals surface area contributed by atoms with Crippen LogP contribution < -0.4 is 28.4 Å². The van der Waals surface area contributed by atoms with Gasteiger partial charge in [-0.2, -0.15) is 19.9 Å². The molecule has 0 N–H and O–H groups in total. The summed E-state index contributed by atoms with van der Waals surface area (Å²) in [5.41, 5.74) is 5.76. The van der Waals surface area contributed by atoms with Gasteiger partial charge >= 0.3 is 12.0 Å². The molecule has 0 aliphatic carbocycles. The van der Waals surface area contributed by atoms with Crippen molar-refractivity contribution in [2.75, 3.05) is 39.9 Å². The summed E-state index contributed by atoms with van der Waals surface area (Å²) in [6, 6.07) is 63.2. The fourth-order valence-corrected chi connectivity index (χ4v) is 12.8. The van der Waals surface area contributed by atoms with Crippen LogP contribution in [0.15, 0.2) is 207 Å². The molecule has 16 heteroatoms.